The highest BCUT2D eigenvalue weighted by Crippen LogP contribution is 2.04. The van der Waals surface area contributed by atoms with E-state index in [4.69, 9.17) is 10.4 Å². The van der Waals surface area contributed by atoms with Crippen LogP contribution in [0.5, 0.6) is 0 Å². The van der Waals surface area contributed by atoms with Crippen molar-refractivity contribution < 1.29 is 9.90 Å². The van der Waals surface area contributed by atoms with Crippen molar-refractivity contribution in [2.45, 2.75) is 6.54 Å². The molecule has 0 fully saturated rings. The minimum absolute atomic E-state index is 0.265. The number of nitriles is 1. The average molecular weight is 216 g/mol. The first kappa shape index (κ1) is 11.8. The van der Waals surface area contributed by atoms with Crippen molar-refractivity contribution in [2.75, 3.05) is 7.05 Å². The summed E-state index contributed by atoms with van der Waals surface area (Å²) >= 11 is 0. The summed E-state index contributed by atoms with van der Waals surface area (Å²) in [6.45, 7) is 0.569. The third kappa shape index (κ3) is 3.46. The molecule has 82 valence electrons. The topological polar surface area (TPSA) is 64.3 Å². The fourth-order valence-electron chi connectivity index (χ4n) is 1.27. The zero-order valence-electron chi connectivity index (χ0n) is 8.92. The molecule has 0 aliphatic heterocycles. The molecule has 0 spiro atoms. The number of carbonyl (C=O) groups is 1. The zero-order chi connectivity index (χ0) is 12.0. The second-order valence-electron chi connectivity index (χ2n) is 3.36. The van der Waals surface area contributed by atoms with Crippen molar-refractivity contribution in [2.24, 2.45) is 0 Å². The van der Waals surface area contributed by atoms with Gasteiger partial charge in [0.1, 0.15) is 6.07 Å². The standard InChI is InChI=1S/C12H12N2O2/c1-14(9-11(7-13)12(15)16)8-10-5-3-2-4-6-10/h2-6,9H,8H2,1H3,(H,15,16)/b11-9-. The first-order valence-corrected chi connectivity index (χ1v) is 4.73. The SMILES string of the molecule is CN(/C=C(/C#N)C(=O)O)Cc1ccccc1. The third-order valence-electron chi connectivity index (χ3n) is 1.98. The highest BCUT2D eigenvalue weighted by atomic mass is 16.4. The second kappa shape index (κ2) is 5.56. The molecule has 0 aliphatic rings. The highest BCUT2D eigenvalue weighted by molar-refractivity contribution is 5.90. The smallest absolute Gasteiger partial charge is 0.347 e. The molecule has 0 atom stereocenters. The Morgan fingerprint density at radius 1 is 1.50 bits per heavy atom. The molecule has 0 unspecified atom stereocenters. The molecular weight excluding hydrogens is 204 g/mol. The minimum Gasteiger partial charge on any atom is -0.477 e. The Labute approximate surface area is 94.0 Å². The van der Waals surface area contributed by atoms with Gasteiger partial charge in [0.05, 0.1) is 0 Å². The Morgan fingerprint density at radius 2 is 2.12 bits per heavy atom. The summed E-state index contributed by atoms with van der Waals surface area (Å²) in [4.78, 5) is 12.3. The van der Waals surface area contributed by atoms with Crippen LogP contribution in [0.3, 0.4) is 0 Å². The predicted molar refractivity (Wildman–Crippen MR) is 59.2 cm³/mol. The predicted octanol–water partition coefficient (Wildman–Crippen LogP) is 1.61. The van der Waals surface area contributed by atoms with Crippen LogP contribution < -0.4 is 0 Å². The average Bonchev–Trinajstić information content (AvgIpc) is 2.27. The maximum Gasteiger partial charge on any atom is 0.347 e. The molecule has 4 heteroatoms. The summed E-state index contributed by atoms with van der Waals surface area (Å²) in [5, 5.41) is 17.3. The molecule has 0 bridgehead atoms. The van der Waals surface area contributed by atoms with Crippen LogP contribution in [0.25, 0.3) is 0 Å². The molecule has 0 amide bonds. The lowest BCUT2D eigenvalue weighted by atomic mass is 10.2. The van der Waals surface area contributed by atoms with Gasteiger partial charge >= 0.3 is 5.97 Å². The molecule has 16 heavy (non-hydrogen) atoms. The molecule has 0 aliphatic carbocycles. The summed E-state index contributed by atoms with van der Waals surface area (Å²) in [6.07, 6.45) is 1.33. The largest absolute Gasteiger partial charge is 0.477 e. The number of hydrogen-bond donors (Lipinski definition) is 1. The molecular formula is C12H12N2O2. The molecule has 0 heterocycles. The highest BCUT2D eigenvalue weighted by Gasteiger charge is 2.06. The first-order valence-electron chi connectivity index (χ1n) is 4.73. The van der Waals surface area contributed by atoms with E-state index in [9.17, 15) is 4.79 Å². The monoisotopic (exact) mass is 216 g/mol. The fraction of sp³-hybridized carbons (Fsp3) is 0.167. The van der Waals surface area contributed by atoms with E-state index in [0.717, 1.165) is 5.56 Å². The van der Waals surface area contributed by atoms with Crippen LogP contribution in [0, 0.1) is 11.3 Å². The van der Waals surface area contributed by atoms with Crippen molar-refractivity contribution >= 4 is 5.97 Å². The summed E-state index contributed by atoms with van der Waals surface area (Å²) in [5.74, 6) is -1.21. The van der Waals surface area contributed by atoms with Gasteiger partial charge in [-0.1, -0.05) is 30.3 Å². The van der Waals surface area contributed by atoms with E-state index in [1.165, 1.54) is 6.20 Å². The summed E-state index contributed by atoms with van der Waals surface area (Å²) in [5.41, 5.74) is 0.794. The minimum atomic E-state index is -1.21. The number of nitrogens with zero attached hydrogens (tertiary/aromatic N) is 2. The van der Waals surface area contributed by atoms with Gasteiger partial charge in [-0.25, -0.2) is 4.79 Å². The number of carboxylic acids is 1. The van der Waals surface area contributed by atoms with E-state index >= 15 is 0 Å². The normalized spacial score (nSPS) is 10.6. The molecule has 4 nitrogen and oxygen atoms in total. The van der Waals surface area contributed by atoms with Crippen molar-refractivity contribution in [3.8, 4) is 6.07 Å². The van der Waals surface area contributed by atoms with E-state index in [0.29, 0.717) is 6.54 Å². The van der Waals surface area contributed by atoms with Gasteiger partial charge in [-0.05, 0) is 5.56 Å². The van der Waals surface area contributed by atoms with Gasteiger partial charge in [-0.15, -0.1) is 0 Å². The van der Waals surface area contributed by atoms with E-state index in [1.54, 1.807) is 18.0 Å². The maximum absolute atomic E-state index is 10.6. The number of hydrogen-bond acceptors (Lipinski definition) is 3. The number of benzene rings is 1. The fourth-order valence-corrected chi connectivity index (χ4v) is 1.27. The van der Waals surface area contributed by atoms with Crippen molar-refractivity contribution in [3.63, 3.8) is 0 Å². The molecule has 0 saturated heterocycles. The Hall–Kier alpha value is -2.28. The lowest BCUT2D eigenvalue weighted by Gasteiger charge is -2.13. The van der Waals surface area contributed by atoms with Crippen LogP contribution in [0.15, 0.2) is 42.1 Å². The van der Waals surface area contributed by atoms with Crippen LogP contribution in [0.4, 0.5) is 0 Å². The lowest BCUT2D eigenvalue weighted by molar-refractivity contribution is -0.132. The molecule has 1 rings (SSSR count). The molecule has 1 aromatic rings. The van der Waals surface area contributed by atoms with E-state index in [-0.39, 0.29) is 5.57 Å². The van der Waals surface area contributed by atoms with Crippen LogP contribution in [-0.2, 0) is 11.3 Å². The Balaban J connectivity index is 2.71. The van der Waals surface area contributed by atoms with Gasteiger partial charge in [0.25, 0.3) is 0 Å². The van der Waals surface area contributed by atoms with Gasteiger partial charge in [-0.2, -0.15) is 5.26 Å². The van der Waals surface area contributed by atoms with Crippen LogP contribution in [0.1, 0.15) is 5.56 Å². The molecule has 0 saturated carbocycles. The van der Waals surface area contributed by atoms with Crippen molar-refractivity contribution in [3.05, 3.63) is 47.7 Å². The van der Waals surface area contributed by atoms with Gasteiger partial charge in [-0.3, -0.25) is 0 Å². The number of aliphatic carboxylic acids is 1. The summed E-state index contributed by atoms with van der Waals surface area (Å²) in [7, 11) is 1.73. The first-order chi connectivity index (χ1) is 7.63. The number of rotatable bonds is 4. The van der Waals surface area contributed by atoms with Crippen LogP contribution in [0.2, 0.25) is 0 Å². The maximum atomic E-state index is 10.6. The summed E-state index contributed by atoms with van der Waals surface area (Å²) < 4.78 is 0. The molecule has 1 N–H and O–H groups in total. The van der Waals surface area contributed by atoms with Crippen LogP contribution >= 0.6 is 0 Å². The van der Waals surface area contributed by atoms with E-state index < -0.39 is 5.97 Å². The van der Waals surface area contributed by atoms with Crippen molar-refractivity contribution in [1.82, 2.24) is 4.90 Å². The van der Waals surface area contributed by atoms with Crippen LogP contribution in [-0.4, -0.2) is 23.0 Å². The van der Waals surface area contributed by atoms with Gasteiger partial charge < -0.3 is 10.0 Å². The second-order valence-corrected chi connectivity index (χ2v) is 3.36. The number of carboxylic acid groups (broad SMARTS) is 1. The van der Waals surface area contributed by atoms with Gasteiger partial charge in [0.15, 0.2) is 5.57 Å². The Bertz CT molecular complexity index is 432. The Kier molecular flexibility index (Phi) is 4.10. The molecule has 1 aromatic carbocycles. The van der Waals surface area contributed by atoms with Gasteiger partial charge in [0, 0.05) is 19.8 Å². The molecule has 0 aromatic heterocycles. The Morgan fingerprint density at radius 3 is 2.62 bits per heavy atom. The third-order valence-corrected chi connectivity index (χ3v) is 1.98. The van der Waals surface area contributed by atoms with Crippen molar-refractivity contribution in [1.29, 1.82) is 5.26 Å². The zero-order valence-corrected chi connectivity index (χ0v) is 8.92. The van der Waals surface area contributed by atoms with E-state index in [2.05, 4.69) is 0 Å². The quantitative estimate of drug-likeness (QED) is 0.613. The van der Waals surface area contributed by atoms with Gasteiger partial charge in [0.2, 0.25) is 0 Å². The molecule has 0 radical (unpaired) electrons. The van der Waals surface area contributed by atoms with E-state index in [1.807, 2.05) is 30.3 Å². The summed E-state index contributed by atoms with van der Waals surface area (Å²) in [6, 6.07) is 11.3. The lowest BCUT2D eigenvalue weighted by Crippen LogP contribution is -2.13.